The van der Waals surface area contributed by atoms with Crippen molar-refractivity contribution in [1.82, 2.24) is 5.43 Å². The summed E-state index contributed by atoms with van der Waals surface area (Å²) in [5.74, 6) is 4.85. The van der Waals surface area contributed by atoms with Crippen molar-refractivity contribution in [3.8, 4) is 0 Å². The number of benzene rings is 1. The minimum absolute atomic E-state index is 0.136. The van der Waals surface area contributed by atoms with Crippen molar-refractivity contribution < 1.29 is 4.79 Å². The molecule has 2 unspecified atom stereocenters. The number of amides is 1. The Bertz CT molecular complexity index is 409. The zero-order valence-corrected chi connectivity index (χ0v) is 11.2. The van der Waals surface area contributed by atoms with Crippen molar-refractivity contribution in [2.24, 2.45) is 11.8 Å². The molecule has 0 aliphatic heterocycles. The number of hydrogen-bond acceptors (Lipinski definition) is 4. The van der Waals surface area contributed by atoms with E-state index in [0.29, 0.717) is 0 Å². The lowest BCUT2D eigenvalue weighted by Crippen LogP contribution is -2.38. The summed E-state index contributed by atoms with van der Waals surface area (Å²) in [4.78, 5) is 12.5. The number of nitrogens with one attached hydrogen (secondary N) is 1. The van der Waals surface area contributed by atoms with Gasteiger partial charge in [-0.05, 0) is 30.7 Å². The van der Waals surface area contributed by atoms with Gasteiger partial charge in [0, 0.05) is 21.8 Å². The summed E-state index contributed by atoms with van der Waals surface area (Å²) >= 11 is 1.65. The highest BCUT2D eigenvalue weighted by Gasteiger charge is 2.20. The molecule has 0 spiro atoms. The predicted molar refractivity (Wildman–Crippen MR) is 72.4 cm³/mol. The van der Waals surface area contributed by atoms with Crippen molar-refractivity contribution in [3.05, 3.63) is 23.8 Å². The summed E-state index contributed by atoms with van der Waals surface area (Å²) < 4.78 is 0. The summed E-state index contributed by atoms with van der Waals surface area (Å²) in [6, 6.07) is 5.89. The van der Waals surface area contributed by atoms with Gasteiger partial charge in [0.2, 0.25) is 5.91 Å². The van der Waals surface area contributed by atoms with Crippen LogP contribution in [0.4, 0.5) is 5.69 Å². The molecule has 0 aromatic heterocycles. The van der Waals surface area contributed by atoms with Gasteiger partial charge in [0.15, 0.2) is 0 Å². The molecule has 2 atom stereocenters. The summed E-state index contributed by atoms with van der Waals surface area (Å²) in [5.41, 5.74) is 9.78. The van der Waals surface area contributed by atoms with E-state index in [1.807, 2.05) is 39.0 Å². The molecule has 5 N–H and O–H groups in total. The van der Waals surface area contributed by atoms with Gasteiger partial charge < -0.3 is 5.73 Å². The number of nitrogen functional groups attached to an aromatic ring is 1. The van der Waals surface area contributed by atoms with Crippen LogP contribution in [0.1, 0.15) is 19.4 Å². The third-order valence-electron chi connectivity index (χ3n) is 2.82. The van der Waals surface area contributed by atoms with Crippen molar-refractivity contribution in [3.63, 3.8) is 0 Å². The summed E-state index contributed by atoms with van der Waals surface area (Å²) in [6.45, 7) is 5.85. The summed E-state index contributed by atoms with van der Waals surface area (Å²) in [7, 11) is 0. The van der Waals surface area contributed by atoms with E-state index in [0.717, 1.165) is 16.1 Å². The van der Waals surface area contributed by atoms with Crippen LogP contribution < -0.4 is 17.0 Å². The zero-order valence-electron chi connectivity index (χ0n) is 10.4. The number of nitrogens with two attached hydrogens (primary N) is 2. The number of hydrogen-bond donors (Lipinski definition) is 3. The van der Waals surface area contributed by atoms with Gasteiger partial charge in [0.25, 0.3) is 0 Å². The number of hydrazine groups is 1. The Labute approximate surface area is 106 Å². The smallest absolute Gasteiger partial charge is 0.237 e. The standard InChI is InChI=1S/C12H19N3OS/c1-7-6-10(4-5-11(7)13)17-9(3)8(2)12(16)15-14/h4-6,8-9H,13-14H2,1-3H3,(H,15,16). The Balaban J connectivity index is 2.70. The lowest BCUT2D eigenvalue weighted by Gasteiger charge is -2.18. The third-order valence-corrected chi connectivity index (χ3v) is 4.13. The monoisotopic (exact) mass is 253 g/mol. The largest absolute Gasteiger partial charge is 0.399 e. The minimum atomic E-state index is -0.142. The van der Waals surface area contributed by atoms with Crippen molar-refractivity contribution in [1.29, 1.82) is 0 Å². The van der Waals surface area contributed by atoms with E-state index in [2.05, 4.69) is 5.43 Å². The van der Waals surface area contributed by atoms with Gasteiger partial charge in [0.1, 0.15) is 0 Å². The van der Waals surface area contributed by atoms with E-state index in [-0.39, 0.29) is 17.1 Å². The minimum Gasteiger partial charge on any atom is -0.399 e. The molecule has 0 heterocycles. The maximum absolute atomic E-state index is 11.4. The Hall–Kier alpha value is -1.20. The number of carbonyl (C=O) groups excluding carboxylic acids is 1. The number of aryl methyl sites for hydroxylation is 1. The second-order valence-corrected chi connectivity index (χ2v) is 5.59. The molecule has 1 amide bonds. The molecule has 1 aromatic rings. The lowest BCUT2D eigenvalue weighted by molar-refractivity contribution is -0.124. The van der Waals surface area contributed by atoms with Gasteiger partial charge in [-0.25, -0.2) is 5.84 Å². The van der Waals surface area contributed by atoms with Gasteiger partial charge in [-0.2, -0.15) is 0 Å². The molecule has 17 heavy (non-hydrogen) atoms. The molecular formula is C12H19N3OS. The van der Waals surface area contributed by atoms with E-state index >= 15 is 0 Å². The normalized spacial score (nSPS) is 14.1. The fourth-order valence-electron chi connectivity index (χ4n) is 1.38. The molecule has 1 aromatic carbocycles. The van der Waals surface area contributed by atoms with Crippen molar-refractivity contribution >= 4 is 23.4 Å². The second kappa shape index (κ2) is 5.93. The van der Waals surface area contributed by atoms with Crippen LogP contribution in [0, 0.1) is 12.8 Å². The van der Waals surface area contributed by atoms with E-state index in [1.165, 1.54) is 0 Å². The number of rotatable bonds is 4. The van der Waals surface area contributed by atoms with Crippen LogP contribution in [0.2, 0.25) is 0 Å². The summed E-state index contributed by atoms with van der Waals surface area (Å²) in [5, 5.41) is 0.154. The quantitative estimate of drug-likeness (QED) is 0.251. The first-order valence-electron chi connectivity index (χ1n) is 5.49. The Morgan fingerprint density at radius 3 is 2.59 bits per heavy atom. The highest BCUT2D eigenvalue weighted by Crippen LogP contribution is 2.29. The number of thioether (sulfide) groups is 1. The van der Waals surface area contributed by atoms with Crippen LogP contribution in [0.15, 0.2) is 23.1 Å². The molecule has 0 saturated carbocycles. The first-order chi connectivity index (χ1) is 7.95. The van der Waals surface area contributed by atoms with Crippen LogP contribution in [0.25, 0.3) is 0 Å². The van der Waals surface area contributed by atoms with E-state index in [1.54, 1.807) is 11.8 Å². The van der Waals surface area contributed by atoms with Gasteiger partial charge in [-0.15, -0.1) is 11.8 Å². The second-order valence-electron chi connectivity index (χ2n) is 4.14. The van der Waals surface area contributed by atoms with Crippen LogP contribution in [-0.4, -0.2) is 11.2 Å². The fourth-order valence-corrected chi connectivity index (χ4v) is 2.53. The molecular weight excluding hydrogens is 234 g/mol. The predicted octanol–water partition coefficient (Wildman–Crippen LogP) is 1.68. The molecule has 1 rings (SSSR count). The van der Waals surface area contributed by atoms with E-state index in [4.69, 9.17) is 11.6 Å². The maximum Gasteiger partial charge on any atom is 0.237 e. The molecule has 0 aliphatic carbocycles. The topological polar surface area (TPSA) is 81.1 Å². The van der Waals surface area contributed by atoms with Gasteiger partial charge in [0.05, 0.1) is 0 Å². The molecule has 0 radical (unpaired) electrons. The lowest BCUT2D eigenvalue weighted by atomic mass is 10.1. The maximum atomic E-state index is 11.4. The zero-order chi connectivity index (χ0) is 13.0. The van der Waals surface area contributed by atoms with Crippen LogP contribution in [0.5, 0.6) is 0 Å². The molecule has 0 bridgehead atoms. The van der Waals surface area contributed by atoms with Crippen molar-refractivity contribution in [2.75, 3.05) is 5.73 Å². The van der Waals surface area contributed by atoms with Crippen LogP contribution in [0.3, 0.4) is 0 Å². The van der Waals surface area contributed by atoms with Crippen LogP contribution in [-0.2, 0) is 4.79 Å². The first-order valence-corrected chi connectivity index (χ1v) is 6.37. The Kier molecular flexibility index (Phi) is 4.84. The number of carbonyl (C=O) groups is 1. The Morgan fingerprint density at radius 2 is 2.06 bits per heavy atom. The molecule has 5 heteroatoms. The fraction of sp³-hybridized carbons (Fsp3) is 0.417. The molecule has 4 nitrogen and oxygen atoms in total. The SMILES string of the molecule is Cc1cc(SC(C)C(C)C(=O)NN)ccc1N. The summed E-state index contributed by atoms with van der Waals surface area (Å²) in [6.07, 6.45) is 0. The number of anilines is 1. The average Bonchev–Trinajstić information content (AvgIpc) is 2.31. The highest BCUT2D eigenvalue weighted by molar-refractivity contribution is 8.00. The van der Waals surface area contributed by atoms with Crippen LogP contribution >= 0.6 is 11.8 Å². The Morgan fingerprint density at radius 1 is 1.41 bits per heavy atom. The first kappa shape index (κ1) is 13.9. The van der Waals surface area contributed by atoms with E-state index in [9.17, 15) is 4.79 Å². The molecule has 0 fully saturated rings. The van der Waals surface area contributed by atoms with E-state index < -0.39 is 0 Å². The highest BCUT2D eigenvalue weighted by atomic mass is 32.2. The molecule has 0 saturated heterocycles. The van der Waals surface area contributed by atoms with Crippen molar-refractivity contribution in [2.45, 2.75) is 30.9 Å². The van der Waals surface area contributed by atoms with Gasteiger partial charge >= 0.3 is 0 Å². The molecule has 94 valence electrons. The van der Waals surface area contributed by atoms with Gasteiger partial charge in [-0.1, -0.05) is 13.8 Å². The molecule has 0 aliphatic rings. The van der Waals surface area contributed by atoms with Gasteiger partial charge in [-0.3, -0.25) is 10.2 Å². The average molecular weight is 253 g/mol. The third kappa shape index (κ3) is 3.64.